The van der Waals surface area contributed by atoms with E-state index in [-0.39, 0.29) is 5.82 Å². The average Bonchev–Trinajstić information content (AvgIpc) is 2.70. The summed E-state index contributed by atoms with van der Waals surface area (Å²) in [6.07, 6.45) is 2.69. The Morgan fingerprint density at radius 1 is 1.42 bits per heavy atom. The lowest BCUT2D eigenvalue weighted by molar-refractivity contribution is 0.456. The van der Waals surface area contributed by atoms with Crippen molar-refractivity contribution < 1.29 is 4.39 Å². The van der Waals surface area contributed by atoms with Gasteiger partial charge in [-0.05, 0) is 31.5 Å². The highest BCUT2D eigenvalue weighted by Crippen LogP contribution is 2.21. The summed E-state index contributed by atoms with van der Waals surface area (Å²) in [5.41, 5.74) is 8.43. The van der Waals surface area contributed by atoms with Gasteiger partial charge in [0, 0.05) is 19.2 Å². The van der Waals surface area contributed by atoms with Crippen molar-refractivity contribution in [2.24, 2.45) is 12.8 Å². The van der Waals surface area contributed by atoms with Crippen LogP contribution in [-0.2, 0) is 25.4 Å². The minimum absolute atomic E-state index is 0.353. The lowest BCUT2D eigenvalue weighted by Gasteiger charge is -2.23. The van der Waals surface area contributed by atoms with Crippen molar-refractivity contribution in [2.45, 2.75) is 32.2 Å². The van der Waals surface area contributed by atoms with Crippen LogP contribution in [0.1, 0.15) is 30.9 Å². The van der Waals surface area contributed by atoms with E-state index in [0.717, 1.165) is 17.8 Å². The molecule has 0 aliphatic rings. The summed E-state index contributed by atoms with van der Waals surface area (Å²) >= 11 is 0. The van der Waals surface area contributed by atoms with Crippen molar-refractivity contribution in [1.29, 1.82) is 0 Å². The zero-order valence-electron chi connectivity index (χ0n) is 11.5. The van der Waals surface area contributed by atoms with E-state index in [4.69, 9.17) is 5.73 Å². The number of hydrogen-bond donors (Lipinski definition) is 1. The molecule has 0 fully saturated rings. The molecule has 0 aliphatic heterocycles. The molecular formula is C14H19FN4. The summed E-state index contributed by atoms with van der Waals surface area (Å²) in [7, 11) is 1.91. The predicted octanol–water partition coefficient (Wildman–Crippen LogP) is 1.93. The molecule has 5 heteroatoms. The summed E-state index contributed by atoms with van der Waals surface area (Å²) in [4.78, 5) is 4.07. The molecule has 0 saturated heterocycles. The van der Waals surface area contributed by atoms with Crippen molar-refractivity contribution >= 4 is 0 Å². The average molecular weight is 262 g/mol. The zero-order chi connectivity index (χ0) is 14.0. The van der Waals surface area contributed by atoms with Gasteiger partial charge >= 0.3 is 0 Å². The van der Waals surface area contributed by atoms with E-state index < -0.39 is 5.54 Å². The van der Waals surface area contributed by atoms with Gasteiger partial charge in [0.05, 0.1) is 23.1 Å². The molecule has 102 valence electrons. The summed E-state index contributed by atoms with van der Waals surface area (Å²) in [6, 6.07) is 5.06. The molecule has 2 rings (SSSR count). The molecule has 1 unspecified atom stereocenters. The lowest BCUT2D eigenvalue weighted by atomic mass is 9.92. The van der Waals surface area contributed by atoms with Crippen LogP contribution in [0.25, 0.3) is 0 Å². The number of hydrogen-bond acceptors (Lipinski definition) is 3. The van der Waals surface area contributed by atoms with Crippen LogP contribution < -0.4 is 5.73 Å². The first-order chi connectivity index (χ1) is 8.92. The predicted molar refractivity (Wildman–Crippen MR) is 72.0 cm³/mol. The molecule has 0 saturated carbocycles. The van der Waals surface area contributed by atoms with Gasteiger partial charge in [0.25, 0.3) is 0 Å². The Hall–Kier alpha value is -1.75. The van der Waals surface area contributed by atoms with E-state index >= 15 is 0 Å². The normalized spacial score (nSPS) is 14.4. The molecule has 0 aliphatic carbocycles. The quantitative estimate of drug-likeness (QED) is 0.916. The second-order valence-corrected chi connectivity index (χ2v) is 5.06. The number of halogens is 1. The van der Waals surface area contributed by atoms with Gasteiger partial charge < -0.3 is 5.73 Å². The summed E-state index contributed by atoms with van der Waals surface area (Å²) < 4.78 is 14.7. The number of aromatic nitrogens is 3. The Labute approximate surface area is 112 Å². The number of pyridine rings is 1. The topological polar surface area (TPSA) is 56.7 Å². The van der Waals surface area contributed by atoms with E-state index in [9.17, 15) is 4.39 Å². The third kappa shape index (κ3) is 2.98. The van der Waals surface area contributed by atoms with Crippen molar-refractivity contribution in [2.75, 3.05) is 0 Å². The number of nitrogens with zero attached hydrogens (tertiary/aromatic N) is 3. The fourth-order valence-electron chi connectivity index (χ4n) is 2.09. The second-order valence-electron chi connectivity index (χ2n) is 5.06. The van der Waals surface area contributed by atoms with Gasteiger partial charge in [-0.1, -0.05) is 6.92 Å². The van der Waals surface area contributed by atoms with Gasteiger partial charge in [-0.3, -0.25) is 9.67 Å². The van der Waals surface area contributed by atoms with Crippen LogP contribution in [0.2, 0.25) is 0 Å². The fourth-order valence-corrected chi connectivity index (χ4v) is 2.09. The van der Waals surface area contributed by atoms with E-state index in [1.165, 1.54) is 12.3 Å². The Morgan fingerprint density at radius 3 is 2.68 bits per heavy atom. The van der Waals surface area contributed by atoms with Gasteiger partial charge in [-0.2, -0.15) is 5.10 Å². The molecular weight excluding hydrogens is 243 g/mol. The summed E-state index contributed by atoms with van der Waals surface area (Å²) in [6.45, 7) is 3.96. The molecule has 0 amide bonds. The van der Waals surface area contributed by atoms with E-state index in [1.807, 2.05) is 18.7 Å². The highest BCUT2D eigenvalue weighted by atomic mass is 19.1. The fraction of sp³-hybridized carbons (Fsp3) is 0.429. The Bertz CT molecular complexity index is 557. The SMILES string of the molecule is CCc1cc(CC(C)(N)c2ccc(F)cn2)n(C)n1. The molecule has 2 aromatic rings. The summed E-state index contributed by atoms with van der Waals surface area (Å²) in [5, 5.41) is 4.40. The molecule has 2 heterocycles. The molecule has 2 N–H and O–H groups in total. The molecule has 0 radical (unpaired) electrons. The van der Waals surface area contributed by atoms with Crippen LogP contribution in [0, 0.1) is 5.82 Å². The molecule has 19 heavy (non-hydrogen) atoms. The van der Waals surface area contributed by atoms with Crippen LogP contribution in [0.5, 0.6) is 0 Å². The van der Waals surface area contributed by atoms with Crippen LogP contribution in [-0.4, -0.2) is 14.8 Å². The molecule has 4 nitrogen and oxygen atoms in total. The number of aryl methyl sites for hydroxylation is 2. The third-order valence-corrected chi connectivity index (χ3v) is 3.25. The van der Waals surface area contributed by atoms with Gasteiger partial charge in [-0.25, -0.2) is 4.39 Å². The minimum Gasteiger partial charge on any atom is -0.320 e. The molecule has 1 atom stereocenters. The first kappa shape index (κ1) is 13.7. The largest absolute Gasteiger partial charge is 0.320 e. The van der Waals surface area contributed by atoms with Crippen molar-refractivity contribution in [3.63, 3.8) is 0 Å². The smallest absolute Gasteiger partial charge is 0.141 e. The zero-order valence-corrected chi connectivity index (χ0v) is 11.5. The lowest BCUT2D eigenvalue weighted by Crippen LogP contribution is -2.37. The van der Waals surface area contributed by atoms with Crippen LogP contribution in [0.3, 0.4) is 0 Å². The Morgan fingerprint density at radius 2 is 2.16 bits per heavy atom. The van der Waals surface area contributed by atoms with E-state index in [2.05, 4.69) is 23.1 Å². The molecule has 0 spiro atoms. The van der Waals surface area contributed by atoms with Gasteiger partial charge in [-0.15, -0.1) is 0 Å². The van der Waals surface area contributed by atoms with Crippen molar-refractivity contribution in [1.82, 2.24) is 14.8 Å². The maximum absolute atomic E-state index is 12.9. The molecule has 0 bridgehead atoms. The van der Waals surface area contributed by atoms with Crippen LogP contribution in [0.15, 0.2) is 24.4 Å². The van der Waals surface area contributed by atoms with Crippen molar-refractivity contribution in [3.05, 3.63) is 47.3 Å². The first-order valence-corrected chi connectivity index (χ1v) is 6.35. The van der Waals surface area contributed by atoms with E-state index in [1.54, 1.807) is 6.07 Å². The first-order valence-electron chi connectivity index (χ1n) is 6.35. The minimum atomic E-state index is -0.646. The standard InChI is InChI=1S/C14H19FN4/c1-4-11-7-12(19(3)18-11)8-14(2,16)13-6-5-10(15)9-17-13/h5-7,9H,4,8,16H2,1-3H3. The molecule has 0 aromatic carbocycles. The Kier molecular flexibility index (Phi) is 3.66. The monoisotopic (exact) mass is 262 g/mol. The van der Waals surface area contributed by atoms with Crippen molar-refractivity contribution in [3.8, 4) is 0 Å². The number of rotatable bonds is 4. The summed E-state index contributed by atoms with van der Waals surface area (Å²) in [5.74, 6) is -0.353. The second kappa shape index (κ2) is 5.09. The van der Waals surface area contributed by atoms with Crippen LogP contribution >= 0.6 is 0 Å². The van der Waals surface area contributed by atoms with E-state index in [0.29, 0.717) is 12.1 Å². The highest BCUT2D eigenvalue weighted by Gasteiger charge is 2.25. The van der Waals surface area contributed by atoms with Gasteiger partial charge in [0.2, 0.25) is 0 Å². The van der Waals surface area contributed by atoms with Crippen LogP contribution in [0.4, 0.5) is 4.39 Å². The van der Waals surface area contributed by atoms with Gasteiger partial charge in [0.15, 0.2) is 0 Å². The van der Waals surface area contributed by atoms with Gasteiger partial charge in [0.1, 0.15) is 5.82 Å². The molecule has 2 aromatic heterocycles. The number of nitrogens with two attached hydrogens (primary N) is 1. The maximum atomic E-state index is 12.9. The highest BCUT2D eigenvalue weighted by molar-refractivity contribution is 5.20. The Balaban J connectivity index is 2.24. The maximum Gasteiger partial charge on any atom is 0.141 e. The third-order valence-electron chi connectivity index (χ3n) is 3.25.